The minimum Gasteiger partial charge on any atom is -0.478 e. The first-order valence-electron chi connectivity index (χ1n) is 6.75. The normalized spacial score (nSPS) is 16.3. The second kappa shape index (κ2) is 5.42. The van der Waals surface area contributed by atoms with Crippen molar-refractivity contribution in [1.29, 1.82) is 0 Å². The summed E-state index contributed by atoms with van der Waals surface area (Å²) in [5, 5.41) is 8.92. The van der Waals surface area contributed by atoms with Gasteiger partial charge in [-0.1, -0.05) is 13.3 Å². The Morgan fingerprint density at radius 1 is 1.39 bits per heavy atom. The third-order valence-electron chi connectivity index (χ3n) is 3.53. The molecule has 1 aliphatic rings. The Hall–Kier alpha value is -1.51. The maximum atomic E-state index is 10.9. The van der Waals surface area contributed by atoms with Gasteiger partial charge in [-0.25, -0.2) is 4.79 Å². The second-order valence-electron chi connectivity index (χ2n) is 5.13. The van der Waals surface area contributed by atoms with Crippen LogP contribution in [0.2, 0.25) is 0 Å². The fourth-order valence-electron chi connectivity index (χ4n) is 2.51. The van der Waals surface area contributed by atoms with Crippen molar-refractivity contribution in [2.24, 2.45) is 0 Å². The summed E-state index contributed by atoms with van der Waals surface area (Å²) < 4.78 is 0. The molecule has 3 heteroatoms. The van der Waals surface area contributed by atoms with Crippen molar-refractivity contribution in [2.75, 3.05) is 4.90 Å². The molecule has 98 valence electrons. The Balaban J connectivity index is 2.17. The van der Waals surface area contributed by atoms with Crippen LogP contribution in [0, 0.1) is 0 Å². The van der Waals surface area contributed by atoms with Gasteiger partial charge in [0.25, 0.3) is 0 Å². The summed E-state index contributed by atoms with van der Waals surface area (Å²) in [4.78, 5) is 13.3. The molecule has 0 aliphatic heterocycles. The minimum atomic E-state index is -0.860. The van der Waals surface area contributed by atoms with Crippen LogP contribution in [-0.2, 0) is 0 Å². The summed E-state index contributed by atoms with van der Waals surface area (Å²) in [5.41, 5.74) is 1.51. The van der Waals surface area contributed by atoms with Crippen LogP contribution >= 0.6 is 0 Å². The largest absolute Gasteiger partial charge is 0.478 e. The van der Waals surface area contributed by atoms with E-state index in [4.69, 9.17) is 5.11 Å². The zero-order valence-electron chi connectivity index (χ0n) is 11.1. The van der Waals surface area contributed by atoms with Crippen LogP contribution in [0.25, 0.3) is 0 Å². The highest BCUT2D eigenvalue weighted by Crippen LogP contribution is 2.34. The first kappa shape index (κ1) is 12.9. The number of carbonyl (C=O) groups is 1. The van der Waals surface area contributed by atoms with Crippen molar-refractivity contribution in [3.05, 3.63) is 29.8 Å². The third kappa shape index (κ3) is 2.84. The lowest BCUT2D eigenvalue weighted by Gasteiger charge is -2.31. The highest BCUT2D eigenvalue weighted by molar-refractivity contribution is 5.88. The monoisotopic (exact) mass is 247 g/mol. The molecule has 1 fully saturated rings. The zero-order valence-corrected chi connectivity index (χ0v) is 11.1. The van der Waals surface area contributed by atoms with E-state index in [0.29, 0.717) is 17.6 Å². The number of benzene rings is 1. The minimum absolute atomic E-state index is 0.359. The van der Waals surface area contributed by atoms with Gasteiger partial charge in [0.1, 0.15) is 0 Å². The van der Waals surface area contributed by atoms with E-state index in [1.807, 2.05) is 12.1 Å². The summed E-state index contributed by atoms with van der Waals surface area (Å²) in [6.07, 6.45) is 4.87. The standard InChI is InChI=1S/C15H21NO2/c1-3-4-11(2)16(14-9-10-14)13-7-5-12(6-8-13)15(17)18/h5-8,11,14H,3-4,9-10H2,1-2H3,(H,17,18). The Labute approximate surface area is 108 Å². The summed E-state index contributed by atoms with van der Waals surface area (Å²) in [5.74, 6) is -0.860. The van der Waals surface area contributed by atoms with E-state index < -0.39 is 5.97 Å². The summed E-state index contributed by atoms with van der Waals surface area (Å²) >= 11 is 0. The lowest BCUT2D eigenvalue weighted by Crippen LogP contribution is -2.35. The quantitative estimate of drug-likeness (QED) is 0.835. The van der Waals surface area contributed by atoms with Crippen molar-refractivity contribution >= 4 is 11.7 Å². The number of rotatable bonds is 6. The molecule has 1 N–H and O–H groups in total. The molecule has 0 saturated heterocycles. The van der Waals surface area contributed by atoms with Crippen molar-refractivity contribution in [3.63, 3.8) is 0 Å². The molecule has 1 aromatic rings. The zero-order chi connectivity index (χ0) is 13.1. The summed E-state index contributed by atoms with van der Waals surface area (Å²) in [6, 6.07) is 8.46. The predicted molar refractivity (Wildman–Crippen MR) is 73.3 cm³/mol. The Bertz CT molecular complexity index is 409. The lowest BCUT2D eigenvalue weighted by atomic mass is 10.1. The lowest BCUT2D eigenvalue weighted by molar-refractivity contribution is 0.0697. The van der Waals surface area contributed by atoms with Crippen LogP contribution in [0.3, 0.4) is 0 Å². The van der Waals surface area contributed by atoms with Gasteiger partial charge in [0.05, 0.1) is 5.56 Å². The van der Waals surface area contributed by atoms with Crippen LogP contribution < -0.4 is 4.90 Å². The van der Waals surface area contributed by atoms with Crippen LogP contribution in [0.5, 0.6) is 0 Å². The molecule has 0 amide bonds. The van der Waals surface area contributed by atoms with E-state index >= 15 is 0 Å². The van der Waals surface area contributed by atoms with Crippen LogP contribution in [0.1, 0.15) is 49.9 Å². The van der Waals surface area contributed by atoms with Gasteiger partial charge in [-0.15, -0.1) is 0 Å². The summed E-state index contributed by atoms with van der Waals surface area (Å²) in [6.45, 7) is 4.46. The maximum absolute atomic E-state index is 10.9. The second-order valence-corrected chi connectivity index (χ2v) is 5.13. The highest BCUT2D eigenvalue weighted by Gasteiger charge is 2.32. The average Bonchev–Trinajstić information content (AvgIpc) is 3.15. The molecule has 0 bridgehead atoms. The molecule has 0 spiro atoms. The third-order valence-corrected chi connectivity index (χ3v) is 3.53. The SMILES string of the molecule is CCCC(C)N(c1ccc(C(=O)O)cc1)C1CC1. The molecule has 1 aliphatic carbocycles. The smallest absolute Gasteiger partial charge is 0.335 e. The molecule has 1 saturated carbocycles. The number of anilines is 1. The van der Waals surface area contributed by atoms with Gasteiger partial charge in [0.2, 0.25) is 0 Å². The molecule has 1 atom stereocenters. The van der Waals surface area contributed by atoms with E-state index in [9.17, 15) is 4.79 Å². The molecular formula is C15H21NO2. The first-order chi connectivity index (χ1) is 8.63. The van der Waals surface area contributed by atoms with E-state index in [0.717, 1.165) is 5.69 Å². The topological polar surface area (TPSA) is 40.5 Å². The van der Waals surface area contributed by atoms with E-state index in [1.165, 1.54) is 25.7 Å². The molecule has 1 unspecified atom stereocenters. The maximum Gasteiger partial charge on any atom is 0.335 e. The van der Waals surface area contributed by atoms with E-state index in [1.54, 1.807) is 12.1 Å². The highest BCUT2D eigenvalue weighted by atomic mass is 16.4. The average molecular weight is 247 g/mol. The molecular weight excluding hydrogens is 226 g/mol. The molecule has 0 heterocycles. The van der Waals surface area contributed by atoms with Crippen molar-refractivity contribution in [1.82, 2.24) is 0 Å². The van der Waals surface area contributed by atoms with E-state index in [-0.39, 0.29) is 0 Å². The number of carboxylic acid groups (broad SMARTS) is 1. The van der Waals surface area contributed by atoms with Gasteiger partial charge in [0.15, 0.2) is 0 Å². The molecule has 2 rings (SSSR count). The fourth-order valence-corrected chi connectivity index (χ4v) is 2.51. The van der Waals surface area contributed by atoms with Gasteiger partial charge >= 0.3 is 5.97 Å². The number of carboxylic acids is 1. The van der Waals surface area contributed by atoms with Crippen LogP contribution in [0.4, 0.5) is 5.69 Å². The van der Waals surface area contributed by atoms with Crippen LogP contribution in [-0.4, -0.2) is 23.2 Å². The predicted octanol–water partition coefficient (Wildman–Crippen LogP) is 3.54. The Kier molecular flexibility index (Phi) is 3.90. The first-order valence-corrected chi connectivity index (χ1v) is 6.75. The number of aromatic carboxylic acids is 1. The fraction of sp³-hybridized carbons (Fsp3) is 0.533. The van der Waals surface area contributed by atoms with Crippen molar-refractivity contribution < 1.29 is 9.90 Å². The number of hydrogen-bond donors (Lipinski definition) is 1. The van der Waals surface area contributed by atoms with Crippen molar-refractivity contribution in [3.8, 4) is 0 Å². The molecule has 3 nitrogen and oxygen atoms in total. The van der Waals surface area contributed by atoms with Gasteiger partial charge in [-0.2, -0.15) is 0 Å². The van der Waals surface area contributed by atoms with Gasteiger partial charge in [-0.05, 0) is 50.5 Å². The van der Waals surface area contributed by atoms with Crippen LogP contribution in [0.15, 0.2) is 24.3 Å². The molecule has 0 aromatic heterocycles. The van der Waals surface area contributed by atoms with Gasteiger partial charge in [0, 0.05) is 17.8 Å². The number of nitrogens with zero attached hydrogens (tertiary/aromatic N) is 1. The van der Waals surface area contributed by atoms with Gasteiger partial charge < -0.3 is 10.0 Å². The summed E-state index contributed by atoms with van der Waals surface area (Å²) in [7, 11) is 0. The Morgan fingerprint density at radius 3 is 2.44 bits per heavy atom. The number of hydrogen-bond acceptors (Lipinski definition) is 2. The molecule has 1 aromatic carbocycles. The van der Waals surface area contributed by atoms with E-state index in [2.05, 4.69) is 18.7 Å². The molecule has 18 heavy (non-hydrogen) atoms. The molecule has 0 radical (unpaired) electrons. The van der Waals surface area contributed by atoms with Crippen molar-refractivity contribution in [2.45, 2.75) is 51.6 Å². The van der Waals surface area contributed by atoms with Gasteiger partial charge in [-0.3, -0.25) is 0 Å². The Morgan fingerprint density at radius 2 is 2.00 bits per heavy atom.